The molecule has 0 saturated heterocycles. The lowest BCUT2D eigenvalue weighted by Gasteiger charge is -2.29. The summed E-state index contributed by atoms with van der Waals surface area (Å²) in [6, 6.07) is 7.81. The fraction of sp³-hybridized carbons (Fsp3) is 0.333. The predicted molar refractivity (Wildman–Crippen MR) is 93.1 cm³/mol. The molecule has 0 radical (unpaired) electrons. The van der Waals surface area contributed by atoms with E-state index in [9.17, 15) is 9.59 Å². The minimum Gasteiger partial charge on any atom is -0.455 e. The van der Waals surface area contributed by atoms with Gasteiger partial charge in [0.25, 0.3) is 5.91 Å². The maximum Gasteiger partial charge on any atom is 0.316 e. The van der Waals surface area contributed by atoms with Crippen LogP contribution in [-0.4, -0.2) is 41.0 Å². The number of aromatic nitrogens is 2. The van der Waals surface area contributed by atoms with Gasteiger partial charge in [-0.1, -0.05) is 41.3 Å². The molecule has 0 atom stereocenters. The first-order valence-corrected chi connectivity index (χ1v) is 9.19. The smallest absolute Gasteiger partial charge is 0.316 e. The quantitative estimate of drug-likeness (QED) is 0.637. The first-order valence-electron chi connectivity index (χ1n) is 7.39. The van der Waals surface area contributed by atoms with E-state index >= 15 is 0 Å². The Morgan fingerprint density at radius 3 is 2.96 bits per heavy atom. The molecule has 1 aromatic carbocycles. The number of anilines is 2. The maximum absolute atomic E-state index is 12.3. The average molecular weight is 364 g/mol. The van der Waals surface area contributed by atoms with Gasteiger partial charge in [0, 0.05) is 12.2 Å². The number of para-hydroxylation sites is 1. The van der Waals surface area contributed by atoms with Crippen LogP contribution in [0.15, 0.2) is 28.6 Å². The Kier molecular flexibility index (Phi) is 5.31. The van der Waals surface area contributed by atoms with E-state index < -0.39 is 5.97 Å². The monoisotopic (exact) mass is 364 g/mol. The van der Waals surface area contributed by atoms with Crippen molar-refractivity contribution >= 4 is 45.8 Å². The summed E-state index contributed by atoms with van der Waals surface area (Å²) in [4.78, 5) is 25.8. The van der Waals surface area contributed by atoms with Gasteiger partial charge in [-0.3, -0.25) is 9.59 Å². The summed E-state index contributed by atoms with van der Waals surface area (Å²) in [7, 11) is 0. The molecule has 1 amide bonds. The SMILES string of the molecule is Nc1nnc(SCC(=O)OCC(=O)N2CCCc3ccccc32)s1. The summed E-state index contributed by atoms with van der Waals surface area (Å²) >= 11 is 2.40. The molecular weight excluding hydrogens is 348 g/mol. The molecule has 2 heterocycles. The Labute approximate surface area is 147 Å². The molecule has 3 rings (SSSR count). The van der Waals surface area contributed by atoms with Crippen molar-refractivity contribution in [3.05, 3.63) is 29.8 Å². The van der Waals surface area contributed by atoms with Gasteiger partial charge < -0.3 is 15.4 Å². The number of ether oxygens (including phenoxy) is 1. The normalized spacial score (nSPS) is 13.4. The third-order valence-electron chi connectivity index (χ3n) is 3.50. The van der Waals surface area contributed by atoms with Crippen molar-refractivity contribution in [1.82, 2.24) is 10.2 Å². The number of nitrogens with zero attached hydrogens (tertiary/aromatic N) is 3. The van der Waals surface area contributed by atoms with Crippen LogP contribution in [0.5, 0.6) is 0 Å². The lowest BCUT2D eigenvalue weighted by molar-refractivity contribution is -0.145. The fourth-order valence-corrected chi connectivity index (χ4v) is 3.89. The number of hydrogen-bond donors (Lipinski definition) is 1. The largest absolute Gasteiger partial charge is 0.455 e. The first-order chi connectivity index (χ1) is 11.6. The van der Waals surface area contributed by atoms with Crippen molar-refractivity contribution in [1.29, 1.82) is 0 Å². The second-order valence-electron chi connectivity index (χ2n) is 5.13. The summed E-state index contributed by atoms with van der Waals surface area (Å²) in [6.45, 7) is 0.387. The second kappa shape index (κ2) is 7.63. The highest BCUT2D eigenvalue weighted by atomic mass is 32.2. The van der Waals surface area contributed by atoms with E-state index in [0.29, 0.717) is 16.0 Å². The lowest BCUT2D eigenvalue weighted by Crippen LogP contribution is -2.38. The third kappa shape index (κ3) is 4.04. The summed E-state index contributed by atoms with van der Waals surface area (Å²) in [5.74, 6) is -0.605. The Bertz CT molecular complexity index is 750. The van der Waals surface area contributed by atoms with Gasteiger partial charge in [-0.15, -0.1) is 10.2 Å². The number of amides is 1. The average Bonchev–Trinajstić information content (AvgIpc) is 3.02. The highest BCUT2D eigenvalue weighted by Crippen LogP contribution is 2.27. The van der Waals surface area contributed by atoms with Crippen LogP contribution in [0.4, 0.5) is 10.8 Å². The zero-order chi connectivity index (χ0) is 16.9. The van der Waals surface area contributed by atoms with Crippen LogP contribution in [-0.2, 0) is 20.7 Å². The van der Waals surface area contributed by atoms with E-state index in [4.69, 9.17) is 10.5 Å². The molecule has 0 fully saturated rings. The van der Waals surface area contributed by atoms with Gasteiger partial charge in [0.2, 0.25) is 5.13 Å². The molecule has 24 heavy (non-hydrogen) atoms. The molecule has 126 valence electrons. The highest BCUT2D eigenvalue weighted by Gasteiger charge is 2.23. The van der Waals surface area contributed by atoms with Crippen LogP contribution in [0.25, 0.3) is 0 Å². The molecular formula is C15H16N4O3S2. The molecule has 1 aromatic heterocycles. The Morgan fingerprint density at radius 1 is 1.33 bits per heavy atom. The highest BCUT2D eigenvalue weighted by molar-refractivity contribution is 8.01. The number of nitrogen functional groups attached to an aromatic ring is 1. The van der Waals surface area contributed by atoms with Crippen LogP contribution in [0, 0.1) is 0 Å². The van der Waals surface area contributed by atoms with Crippen LogP contribution in [0.3, 0.4) is 0 Å². The molecule has 1 aliphatic heterocycles. The van der Waals surface area contributed by atoms with Crippen LogP contribution in [0.2, 0.25) is 0 Å². The summed E-state index contributed by atoms with van der Waals surface area (Å²) in [6.07, 6.45) is 1.87. The molecule has 0 bridgehead atoms. The van der Waals surface area contributed by atoms with Gasteiger partial charge in [0.15, 0.2) is 10.9 Å². The number of hydrogen-bond acceptors (Lipinski definition) is 8. The molecule has 0 unspecified atom stereocenters. The van der Waals surface area contributed by atoms with Crippen molar-refractivity contribution in [2.45, 2.75) is 17.2 Å². The van der Waals surface area contributed by atoms with Crippen molar-refractivity contribution in [2.75, 3.05) is 29.5 Å². The molecule has 2 aromatic rings. The number of aryl methyl sites for hydroxylation is 1. The van der Waals surface area contributed by atoms with Crippen molar-refractivity contribution in [3.8, 4) is 0 Å². The van der Waals surface area contributed by atoms with Gasteiger partial charge in [-0.25, -0.2) is 0 Å². The number of fused-ring (bicyclic) bond motifs is 1. The van der Waals surface area contributed by atoms with Gasteiger partial charge in [0.05, 0.1) is 5.75 Å². The molecule has 0 saturated carbocycles. The second-order valence-corrected chi connectivity index (χ2v) is 7.36. The van der Waals surface area contributed by atoms with E-state index in [1.165, 1.54) is 23.1 Å². The third-order valence-corrected chi connectivity index (χ3v) is 5.36. The predicted octanol–water partition coefficient (Wildman–Crippen LogP) is 1.73. The van der Waals surface area contributed by atoms with Crippen molar-refractivity contribution in [3.63, 3.8) is 0 Å². The number of benzene rings is 1. The molecule has 9 heteroatoms. The Hall–Kier alpha value is -2.13. The van der Waals surface area contributed by atoms with E-state index in [1.54, 1.807) is 4.90 Å². The minimum absolute atomic E-state index is 0.0680. The lowest BCUT2D eigenvalue weighted by atomic mass is 10.0. The number of esters is 1. The van der Waals surface area contributed by atoms with Gasteiger partial charge in [0.1, 0.15) is 0 Å². The van der Waals surface area contributed by atoms with Gasteiger partial charge >= 0.3 is 5.97 Å². The number of rotatable bonds is 5. The summed E-state index contributed by atoms with van der Waals surface area (Å²) in [5.41, 5.74) is 7.52. The van der Waals surface area contributed by atoms with E-state index in [0.717, 1.165) is 24.1 Å². The van der Waals surface area contributed by atoms with Gasteiger partial charge in [-0.2, -0.15) is 0 Å². The van der Waals surface area contributed by atoms with E-state index in [2.05, 4.69) is 10.2 Å². The minimum atomic E-state index is -0.465. The van der Waals surface area contributed by atoms with Crippen molar-refractivity contribution in [2.24, 2.45) is 0 Å². The Balaban J connectivity index is 1.50. The molecule has 0 aliphatic carbocycles. The van der Waals surface area contributed by atoms with Crippen molar-refractivity contribution < 1.29 is 14.3 Å². The van der Waals surface area contributed by atoms with Crippen LogP contribution >= 0.6 is 23.1 Å². The first kappa shape index (κ1) is 16.7. The standard InChI is InChI=1S/C15H16N4O3S2/c16-14-17-18-15(24-14)23-9-13(21)22-8-12(20)19-7-3-5-10-4-1-2-6-11(10)19/h1-2,4,6H,3,5,7-9H2,(H2,16,17). The molecule has 1 aliphatic rings. The van der Waals surface area contributed by atoms with E-state index in [1.807, 2.05) is 24.3 Å². The Morgan fingerprint density at radius 2 is 2.17 bits per heavy atom. The molecule has 0 spiro atoms. The fourth-order valence-electron chi connectivity index (χ4n) is 2.45. The van der Waals surface area contributed by atoms with Gasteiger partial charge in [-0.05, 0) is 24.5 Å². The number of carbonyl (C=O) groups excluding carboxylic acids is 2. The number of carbonyl (C=O) groups is 2. The number of nitrogens with two attached hydrogens (primary N) is 1. The maximum atomic E-state index is 12.3. The van der Waals surface area contributed by atoms with Crippen LogP contribution in [0.1, 0.15) is 12.0 Å². The zero-order valence-corrected chi connectivity index (χ0v) is 14.4. The summed E-state index contributed by atoms with van der Waals surface area (Å²) in [5, 5.41) is 7.82. The van der Waals surface area contributed by atoms with E-state index in [-0.39, 0.29) is 18.3 Å². The molecule has 2 N–H and O–H groups in total. The van der Waals surface area contributed by atoms with Crippen LogP contribution < -0.4 is 10.6 Å². The summed E-state index contributed by atoms with van der Waals surface area (Å²) < 4.78 is 5.67. The molecule has 7 nitrogen and oxygen atoms in total. The topological polar surface area (TPSA) is 98.4 Å². The number of thioether (sulfide) groups is 1. The zero-order valence-electron chi connectivity index (χ0n) is 12.8.